The Labute approximate surface area is 155 Å². The van der Waals surface area contributed by atoms with Crippen molar-refractivity contribution in [1.29, 1.82) is 5.26 Å². The predicted octanol–water partition coefficient (Wildman–Crippen LogP) is 2.26. The maximum Gasteiger partial charge on any atom is 0.250 e. The van der Waals surface area contributed by atoms with Gasteiger partial charge in [0.2, 0.25) is 10.0 Å². The van der Waals surface area contributed by atoms with Gasteiger partial charge in [0.15, 0.2) is 11.5 Å². The number of sulfonamides is 1. The molecule has 132 valence electrons. The second-order valence-electron chi connectivity index (χ2n) is 5.68. The average Bonchev–Trinajstić information content (AvgIpc) is 3.08. The number of nitrogens with zero attached hydrogens (tertiary/aromatic N) is 4. The van der Waals surface area contributed by atoms with Crippen LogP contribution in [-0.4, -0.2) is 38.0 Å². The number of hydrogen-bond acceptors (Lipinski definition) is 7. The van der Waals surface area contributed by atoms with Crippen LogP contribution in [-0.2, 0) is 10.0 Å². The maximum atomic E-state index is 12.2. The van der Waals surface area contributed by atoms with Crippen LogP contribution in [0.3, 0.4) is 0 Å². The van der Waals surface area contributed by atoms with Gasteiger partial charge in [-0.25, -0.2) is 23.1 Å². The number of nitriles is 1. The maximum absolute atomic E-state index is 12.2. The Morgan fingerprint density at radius 2 is 2.04 bits per heavy atom. The zero-order valence-electron chi connectivity index (χ0n) is 13.2. The number of nitrogens with one attached hydrogen (secondary N) is 1. The third-order valence-electron chi connectivity index (χ3n) is 4.07. The van der Waals surface area contributed by atoms with Crippen LogP contribution in [0, 0.1) is 17.2 Å². The summed E-state index contributed by atoms with van der Waals surface area (Å²) >= 11 is 6.85. The van der Waals surface area contributed by atoms with Crippen molar-refractivity contribution in [1.82, 2.24) is 14.7 Å². The second-order valence-corrected chi connectivity index (χ2v) is 9.39. The van der Waals surface area contributed by atoms with Crippen molar-refractivity contribution >= 4 is 38.8 Å². The topological polar surface area (TPSA) is 99.0 Å². The number of piperidine rings is 1. The lowest BCUT2D eigenvalue weighted by Gasteiger charge is -2.32. The van der Waals surface area contributed by atoms with Crippen molar-refractivity contribution in [3.8, 4) is 6.07 Å². The Bertz CT molecular complexity index is 885. The van der Waals surface area contributed by atoms with E-state index in [0.29, 0.717) is 35.5 Å². The molecule has 2 aromatic rings. The highest BCUT2D eigenvalue weighted by atomic mass is 35.5. The summed E-state index contributed by atoms with van der Waals surface area (Å²) in [5.41, 5.74) is 0.316. The molecule has 0 amide bonds. The van der Waals surface area contributed by atoms with E-state index in [0.717, 1.165) is 24.2 Å². The first kappa shape index (κ1) is 18.1. The van der Waals surface area contributed by atoms with E-state index in [1.54, 1.807) is 12.3 Å². The number of hydrogen-bond donors (Lipinski definition) is 1. The molecule has 1 aliphatic rings. The van der Waals surface area contributed by atoms with Gasteiger partial charge in [-0.3, -0.25) is 0 Å². The molecule has 7 nitrogen and oxygen atoms in total. The molecule has 0 radical (unpaired) electrons. The number of rotatable bonds is 5. The van der Waals surface area contributed by atoms with Crippen LogP contribution in [0.2, 0.25) is 4.34 Å². The van der Waals surface area contributed by atoms with E-state index in [9.17, 15) is 8.42 Å². The first-order chi connectivity index (χ1) is 12.0. The molecule has 1 aliphatic heterocycles. The van der Waals surface area contributed by atoms with Crippen molar-refractivity contribution in [3.63, 3.8) is 0 Å². The molecule has 0 bridgehead atoms. The predicted molar refractivity (Wildman–Crippen MR) is 96.2 cm³/mol. The summed E-state index contributed by atoms with van der Waals surface area (Å²) in [6.07, 6.45) is 4.70. The SMILES string of the molecule is N#Cc1nccnc1N1CCC(CNS(=O)(=O)c2ccc(Cl)s2)CC1. The van der Waals surface area contributed by atoms with Crippen LogP contribution in [0.5, 0.6) is 0 Å². The highest BCUT2D eigenvalue weighted by molar-refractivity contribution is 7.91. The zero-order chi connectivity index (χ0) is 17.9. The minimum atomic E-state index is -3.51. The van der Waals surface area contributed by atoms with Gasteiger partial charge in [0.05, 0.1) is 4.34 Å². The molecule has 1 N–H and O–H groups in total. The summed E-state index contributed by atoms with van der Waals surface area (Å²) in [7, 11) is -3.51. The minimum absolute atomic E-state index is 0.230. The molecular weight excluding hydrogens is 382 g/mol. The van der Waals surface area contributed by atoms with Gasteiger partial charge in [-0.15, -0.1) is 11.3 Å². The molecule has 0 saturated carbocycles. The third-order valence-corrected chi connectivity index (χ3v) is 7.22. The van der Waals surface area contributed by atoms with Crippen molar-refractivity contribution in [2.75, 3.05) is 24.5 Å². The minimum Gasteiger partial charge on any atom is -0.354 e. The molecule has 10 heteroatoms. The molecule has 0 unspecified atom stereocenters. The van der Waals surface area contributed by atoms with Crippen molar-refractivity contribution in [2.45, 2.75) is 17.1 Å². The highest BCUT2D eigenvalue weighted by Crippen LogP contribution is 2.26. The lowest BCUT2D eigenvalue weighted by atomic mass is 9.97. The normalized spacial score (nSPS) is 15.9. The van der Waals surface area contributed by atoms with E-state index in [1.807, 2.05) is 4.90 Å². The summed E-state index contributed by atoms with van der Waals surface area (Å²) in [4.78, 5) is 10.3. The van der Waals surface area contributed by atoms with Crippen LogP contribution < -0.4 is 9.62 Å². The Morgan fingerprint density at radius 3 is 2.68 bits per heavy atom. The standard InChI is InChI=1S/C15H16ClN5O2S2/c16-13-1-2-14(24-13)25(22,23)20-10-11-3-7-21(8-4-11)15-12(9-17)18-5-6-19-15/h1-2,5-6,11,20H,3-4,7-8,10H2. The fraction of sp³-hybridized carbons (Fsp3) is 0.400. The van der Waals surface area contributed by atoms with Crippen LogP contribution in [0.1, 0.15) is 18.5 Å². The Morgan fingerprint density at radius 1 is 1.32 bits per heavy atom. The van der Waals surface area contributed by atoms with Crippen LogP contribution in [0.15, 0.2) is 28.7 Å². The van der Waals surface area contributed by atoms with Gasteiger partial charge in [0, 0.05) is 32.0 Å². The lowest BCUT2D eigenvalue weighted by Crippen LogP contribution is -2.39. The van der Waals surface area contributed by atoms with Gasteiger partial charge in [-0.05, 0) is 30.9 Å². The summed E-state index contributed by atoms with van der Waals surface area (Å²) in [5, 5.41) is 9.12. The molecular formula is C15H16ClN5O2S2. The third kappa shape index (κ3) is 4.27. The number of aromatic nitrogens is 2. The highest BCUT2D eigenvalue weighted by Gasteiger charge is 2.24. The summed E-state index contributed by atoms with van der Waals surface area (Å²) < 4.78 is 27.8. The Kier molecular flexibility index (Phi) is 5.54. The first-order valence-electron chi connectivity index (χ1n) is 7.70. The van der Waals surface area contributed by atoms with Crippen molar-refractivity contribution < 1.29 is 8.42 Å². The zero-order valence-corrected chi connectivity index (χ0v) is 15.6. The molecule has 3 heterocycles. The van der Waals surface area contributed by atoms with E-state index < -0.39 is 10.0 Å². The van der Waals surface area contributed by atoms with Gasteiger partial charge in [0.1, 0.15) is 10.3 Å². The van der Waals surface area contributed by atoms with Gasteiger partial charge in [-0.1, -0.05) is 11.6 Å². The molecule has 3 rings (SSSR count). The Hall–Kier alpha value is -1.73. The van der Waals surface area contributed by atoms with Crippen molar-refractivity contribution in [2.24, 2.45) is 5.92 Å². The van der Waals surface area contributed by atoms with Gasteiger partial charge in [0.25, 0.3) is 0 Å². The summed E-state index contributed by atoms with van der Waals surface area (Å²) in [6, 6.07) is 5.14. The molecule has 0 aromatic carbocycles. The number of thiophene rings is 1. The lowest BCUT2D eigenvalue weighted by molar-refractivity contribution is 0.400. The Balaban J connectivity index is 1.56. The fourth-order valence-electron chi connectivity index (χ4n) is 2.73. The van der Waals surface area contributed by atoms with E-state index in [4.69, 9.17) is 16.9 Å². The van der Waals surface area contributed by atoms with Gasteiger partial charge < -0.3 is 4.90 Å². The van der Waals surface area contributed by atoms with E-state index >= 15 is 0 Å². The molecule has 25 heavy (non-hydrogen) atoms. The molecule has 1 saturated heterocycles. The number of anilines is 1. The first-order valence-corrected chi connectivity index (χ1v) is 10.4. The summed E-state index contributed by atoms with van der Waals surface area (Å²) in [6.45, 7) is 1.81. The largest absolute Gasteiger partial charge is 0.354 e. The van der Waals surface area contributed by atoms with E-state index in [-0.39, 0.29) is 10.1 Å². The molecule has 0 aliphatic carbocycles. The van der Waals surface area contributed by atoms with Gasteiger partial charge in [-0.2, -0.15) is 5.26 Å². The quantitative estimate of drug-likeness (QED) is 0.830. The van der Waals surface area contributed by atoms with Crippen LogP contribution in [0.25, 0.3) is 0 Å². The van der Waals surface area contributed by atoms with E-state index in [1.165, 1.54) is 12.3 Å². The molecule has 2 aromatic heterocycles. The monoisotopic (exact) mass is 397 g/mol. The van der Waals surface area contributed by atoms with Gasteiger partial charge >= 0.3 is 0 Å². The molecule has 1 fully saturated rings. The average molecular weight is 398 g/mol. The second kappa shape index (κ2) is 7.66. The van der Waals surface area contributed by atoms with Crippen molar-refractivity contribution in [3.05, 3.63) is 34.6 Å². The molecule has 0 atom stereocenters. The van der Waals surface area contributed by atoms with Crippen LogP contribution in [0.4, 0.5) is 5.82 Å². The smallest absolute Gasteiger partial charge is 0.250 e. The molecule has 0 spiro atoms. The fourth-order valence-corrected chi connectivity index (χ4v) is 5.37. The number of halogens is 1. The van der Waals surface area contributed by atoms with Crippen LogP contribution >= 0.6 is 22.9 Å². The van der Waals surface area contributed by atoms with E-state index in [2.05, 4.69) is 20.8 Å². The summed E-state index contributed by atoms with van der Waals surface area (Å²) in [5.74, 6) is 0.834.